The Morgan fingerprint density at radius 2 is 1.11 bits per heavy atom. The molecule has 1 radical (unpaired) electrons. The Balaban J connectivity index is -0.000000256. The van der Waals surface area contributed by atoms with E-state index in [0.29, 0.717) is 26.2 Å². The molecule has 0 rings (SSSR count). The first-order valence-corrected chi connectivity index (χ1v) is 5.57. The van der Waals surface area contributed by atoms with Gasteiger partial charge in [-0.05, 0) is 12.8 Å². The number of hydrogen-bond donors (Lipinski definition) is 4. The van der Waals surface area contributed by atoms with E-state index in [-0.39, 0.29) is 43.1 Å². The van der Waals surface area contributed by atoms with Gasteiger partial charge in [0.05, 0.1) is 13.2 Å². The summed E-state index contributed by atoms with van der Waals surface area (Å²) in [5.41, 5.74) is 0. The van der Waals surface area contributed by atoms with Gasteiger partial charge in [-0.15, -0.1) is 0 Å². The summed E-state index contributed by atoms with van der Waals surface area (Å²) < 4.78 is 0. The minimum Gasteiger partial charge on any atom is -0.550 e. The maximum Gasteiger partial charge on any atom is 2.00 e. The fourth-order valence-electron chi connectivity index (χ4n) is 0.789. The second kappa shape index (κ2) is 19.6. The molecule has 0 heterocycles. The fraction of sp³-hybridized carbons (Fsp3) is 0.800. The molecule has 0 aliphatic carbocycles. The third-order valence-corrected chi connectivity index (χ3v) is 1.59. The van der Waals surface area contributed by atoms with Crippen molar-refractivity contribution in [1.82, 2.24) is 10.6 Å². The Kier molecular flexibility index (Phi) is 24.2. The quantitative estimate of drug-likeness (QED) is 0.232. The van der Waals surface area contributed by atoms with Crippen molar-refractivity contribution in [2.45, 2.75) is 12.8 Å². The molecule has 9 heteroatoms. The van der Waals surface area contributed by atoms with Crippen molar-refractivity contribution in [3.63, 3.8) is 0 Å². The monoisotopic (exact) mass is 327 g/mol. The summed E-state index contributed by atoms with van der Waals surface area (Å²) in [5.74, 6) is -2.14. The van der Waals surface area contributed by atoms with E-state index in [1.54, 1.807) is 0 Å². The number of aliphatic carboxylic acids is 2. The zero-order valence-corrected chi connectivity index (χ0v) is 11.4. The van der Waals surface area contributed by atoms with Gasteiger partial charge in [0.25, 0.3) is 0 Å². The number of nitrogens with one attached hydrogen (secondary N) is 2. The van der Waals surface area contributed by atoms with E-state index in [1.807, 2.05) is 0 Å². The van der Waals surface area contributed by atoms with E-state index >= 15 is 0 Å². The van der Waals surface area contributed by atoms with E-state index in [2.05, 4.69) is 10.6 Å². The summed E-state index contributed by atoms with van der Waals surface area (Å²) in [6.45, 7) is 1.67. The Bertz CT molecular complexity index is 196. The average molecular weight is 328 g/mol. The van der Waals surface area contributed by atoms with Crippen LogP contribution in [-0.2, 0) is 26.7 Å². The largest absolute Gasteiger partial charge is 2.00 e. The molecule has 0 aliphatic rings. The molecule has 0 bridgehead atoms. The van der Waals surface area contributed by atoms with Crippen molar-refractivity contribution in [3.8, 4) is 0 Å². The molecule has 0 aliphatic heterocycles. The topological polar surface area (TPSA) is 145 Å². The first kappa shape index (κ1) is 23.4. The smallest absolute Gasteiger partial charge is 0.550 e. The van der Waals surface area contributed by atoms with Crippen LogP contribution in [0, 0.1) is 0 Å². The molecule has 0 spiro atoms. The molecule has 0 aromatic rings. The van der Waals surface area contributed by atoms with Gasteiger partial charge in [-0.2, -0.15) is 0 Å². The molecule has 19 heavy (non-hydrogen) atoms. The SMILES string of the molecule is O=C([O-])CCNCCO.O=C([O-])CCNCCO.[Cu+2]. The van der Waals surface area contributed by atoms with Gasteiger partial charge in [-0.1, -0.05) is 0 Å². The Hall–Kier alpha value is -0.701. The van der Waals surface area contributed by atoms with Crippen LogP contribution in [0.25, 0.3) is 0 Å². The summed E-state index contributed by atoms with van der Waals surface area (Å²) in [7, 11) is 0. The number of hydrogen-bond acceptors (Lipinski definition) is 8. The van der Waals surface area contributed by atoms with Gasteiger partial charge >= 0.3 is 17.1 Å². The summed E-state index contributed by atoms with van der Waals surface area (Å²) in [6.07, 6.45) is -0.000000000000000444. The van der Waals surface area contributed by atoms with Crippen LogP contribution in [0.5, 0.6) is 0 Å². The molecule has 0 aromatic carbocycles. The van der Waals surface area contributed by atoms with Crippen molar-refractivity contribution in [2.24, 2.45) is 0 Å². The maximum absolute atomic E-state index is 9.75. The summed E-state index contributed by atoms with van der Waals surface area (Å²) >= 11 is 0. The molecule has 0 atom stereocenters. The van der Waals surface area contributed by atoms with Crippen molar-refractivity contribution >= 4 is 11.9 Å². The normalized spacial score (nSPS) is 8.95. The van der Waals surface area contributed by atoms with Crippen LogP contribution in [0.3, 0.4) is 0 Å². The van der Waals surface area contributed by atoms with E-state index in [9.17, 15) is 19.8 Å². The second-order valence-corrected chi connectivity index (χ2v) is 3.19. The number of aliphatic hydroxyl groups is 2. The summed E-state index contributed by atoms with van der Waals surface area (Å²) in [5, 5.41) is 41.3. The minimum atomic E-state index is -1.07. The van der Waals surface area contributed by atoms with Crippen LogP contribution in [0.4, 0.5) is 0 Å². The first-order chi connectivity index (χ1) is 8.54. The van der Waals surface area contributed by atoms with Gasteiger partial charge < -0.3 is 40.6 Å². The van der Waals surface area contributed by atoms with Crippen molar-refractivity contribution in [2.75, 3.05) is 39.4 Å². The first-order valence-electron chi connectivity index (χ1n) is 5.57. The molecular formula is C10H20CuN2O6. The minimum absolute atomic E-state index is 0. The zero-order chi connectivity index (χ0) is 14.2. The number of carboxylic acid groups (broad SMARTS) is 2. The van der Waals surface area contributed by atoms with E-state index in [1.165, 1.54) is 0 Å². The molecule has 0 aromatic heterocycles. The van der Waals surface area contributed by atoms with Gasteiger partial charge in [-0.25, -0.2) is 0 Å². The van der Waals surface area contributed by atoms with Crippen molar-refractivity contribution in [1.29, 1.82) is 0 Å². The second-order valence-electron chi connectivity index (χ2n) is 3.19. The Morgan fingerprint density at radius 3 is 1.32 bits per heavy atom. The van der Waals surface area contributed by atoms with Crippen LogP contribution < -0.4 is 20.8 Å². The maximum atomic E-state index is 9.75. The van der Waals surface area contributed by atoms with Crippen molar-refractivity contribution in [3.05, 3.63) is 0 Å². The predicted octanol–water partition coefficient (Wildman–Crippen LogP) is -4.59. The van der Waals surface area contributed by atoms with E-state index < -0.39 is 11.9 Å². The fourth-order valence-corrected chi connectivity index (χ4v) is 0.789. The molecule has 0 saturated heterocycles. The van der Waals surface area contributed by atoms with Crippen molar-refractivity contribution < 1.29 is 47.1 Å². The molecular weight excluding hydrogens is 308 g/mol. The van der Waals surface area contributed by atoms with Gasteiger partial charge in [0.2, 0.25) is 0 Å². The number of carboxylic acids is 2. The van der Waals surface area contributed by atoms with Gasteiger partial charge in [-0.3, -0.25) is 0 Å². The molecule has 0 amide bonds. The molecule has 0 unspecified atom stereocenters. The Morgan fingerprint density at radius 1 is 0.789 bits per heavy atom. The average Bonchev–Trinajstić information content (AvgIpc) is 2.31. The molecule has 0 fully saturated rings. The number of carbonyl (C=O) groups excluding carboxylic acids is 2. The van der Waals surface area contributed by atoms with Crippen LogP contribution >= 0.6 is 0 Å². The van der Waals surface area contributed by atoms with E-state index in [0.717, 1.165) is 0 Å². The number of carbonyl (C=O) groups is 2. The van der Waals surface area contributed by atoms with Crippen LogP contribution in [0.15, 0.2) is 0 Å². The zero-order valence-electron chi connectivity index (χ0n) is 10.5. The standard InChI is InChI=1S/2C5H11NO3.Cu/c2*7-4-3-6-2-1-5(8)9;/h2*6-7H,1-4H2,(H,8,9);/q;;+2/p-2. The van der Waals surface area contributed by atoms with Crippen LogP contribution in [-0.4, -0.2) is 61.5 Å². The predicted molar refractivity (Wildman–Crippen MR) is 59.2 cm³/mol. The molecule has 4 N–H and O–H groups in total. The molecule has 8 nitrogen and oxygen atoms in total. The molecule has 0 saturated carbocycles. The van der Waals surface area contributed by atoms with E-state index in [4.69, 9.17) is 10.2 Å². The number of aliphatic hydroxyl groups excluding tert-OH is 2. The van der Waals surface area contributed by atoms with Gasteiger partial charge in [0.1, 0.15) is 0 Å². The van der Waals surface area contributed by atoms with Gasteiger partial charge in [0.15, 0.2) is 0 Å². The Labute approximate surface area is 122 Å². The number of rotatable bonds is 10. The summed E-state index contributed by atoms with van der Waals surface area (Å²) in [6, 6.07) is 0. The summed E-state index contributed by atoms with van der Waals surface area (Å²) in [4.78, 5) is 19.5. The third kappa shape index (κ3) is 31.7. The third-order valence-electron chi connectivity index (χ3n) is 1.59. The molecule has 117 valence electrons. The van der Waals surface area contributed by atoms with Crippen LogP contribution in [0.2, 0.25) is 0 Å². The van der Waals surface area contributed by atoms with Crippen LogP contribution in [0.1, 0.15) is 12.8 Å². The van der Waals surface area contributed by atoms with Gasteiger partial charge in [0, 0.05) is 38.1 Å².